The van der Waals surface area contributed by atoms with Crippen LogP contribution in [0.3, 0.4) is 0 Å². The van der Waals surface area contributed by atoms with Gasteiger partial charge in [-0.1, -0.05) is 18.6 Å². The second-order valence-electron chi connectivity index (χ2n) is 5.79. The molecule has 6 heteroatoms. The van der Waals surface area contributed by atoms with Crippen LogP contribution in [0.1, 0.15) is 30.7 Å². The Balaban J connectivity index is 1.88. The summed E-state index contributed by atoms with van der Waals surface area (Å²) in [5.41, 5.74) is 7.57. The summed E-state index contributed by atoms with van der Waals surface area (Å²) >= 11 is 0. The predicted octanol–water partition coefficient (Wildman–Crippen LogP) is 2.06. The van der Waals surface area contributed by atoms with Crippen LogP contribution in [0.15, 0.2) is 48.8 Å². The van der Waals surface area contributed by atoms with Gasteiger partial charge in [0.1, 0.15) is 6.04 Å². The first kappa shape index (κ1) is 18.0. The number of carboxylic acids is 1. The highest BCUT2D eigenvalue weighted by Crippen LogP contribution is 2.09. The Morgan fingerprint density at radius 1 is 1.04 bits per heavy atom. The molecule has 0 aromatic carbocycles. The minimum atomic E-state index is -0.936. The van der Waals surface area contributed by atoms with Crippen molar-refractivity contribution in [3.63, 3.8) is 0 Å². The molecular formula is C18H24N4O2. The van der Waals surface area contributed by atoms with Crippen molar-refractivity contribution in [1.82, 2.24) is 14.9 Å². The lowest BCUT2D eigenvalue weighted by Crippen LogP contribution is -2.30. The standard InChI is InChI=1S/C18H24N4O2/c19-17(18(23)24)9-3-6-12-22(13-15-7-1-4-10-20-15)14-16-8-2-5-11-21-16/h1-2,4-5,7-8,10-11,17H,3,6,9,12-14,19H2,(H,23,24)/t17-/m0/s1. The first-order valence-electron chi connectivity index (χ1n) is 8.15. The summed E-state index contributed by atoms with van der Waals surface area (Å²) in [6.07, 6.45) is 5.76. The van der Waals surface area contributed by atoms with Crippen molar-refractivity contribution in [1.29, 1.82) is 0 Å². The monoisotopic (exact) mass is 328 g/mol. The zero-order valence-electron chi connectivity index (χ0n) is 13.7. The van der Waals surface area contributed by atoms with Crippen LogP contribution in [-0.4, -0.2) is 38.5 Å². The number of hydrogen-bond acceptors (Lipinski definition) is 5. The van der Waals surface area contributed by atoms with Gasteiger partial charge in [-0.15, -0.1) is 0 Å². The molecule has 24 heavy (non-hydrogen) atoms. The normalized spacial score (nSPS) is 12.2. The van der Waals surface area contributed by atoms with Crippen LogP contribution in [0, 0.1) is 0 Å². The van der Waals surface area contributed by atoms with Gasteiger partial charge in [0.2, 0.25) is 0 Å². The number of carbonyl (C=O) groups is 1. The average molecular weight is 328 g/mol. The predicted molar refractivity (Wildman–Crippen MR) is 92.1 cm³/mol. The zero-order valence-corrected chi connectivity index (χ0v) is 13.7. The Labute approximate surface area is 142 Å². The number of carboxylic acid groups (broad SMARTS) is 1. The van der Waals surface area contributed by atoms with Crippen molar-refractivity contribution in [2.24, 2.45) is 5.73 Å². The van der Waals surface area contributed by atoms with E-state index in [4.69, 9.17) is 10.8 Å². The van der Waals surface area contributed by atoms with Crippen molar-refractivity contribution in [2.75, 3.05) is 6.54 Å². The topological polar surface area (TPSA) is 92.3 Å². The molecule has 2 rings (SSSR count). The van der Waals surface area contributed by atoms with E-state index in [0.29, 0.717) is 6.42 Å². The van der Waals surface area contributed by atoms with E-state index in [1.54, 1.807) is 12.4 Å². The number of rotatable bonds is 10. The molecule has 0 bridgehead atoms. The Bertz CT molecular complexity index is 565. The minimum Gasteiger partial charge on any atom is -0.480 e. The molecule has 0 aliphatic heterocycles. The zero-order chi connectivity index (χ0) is 17.2. The summed E-state index contributed by atoms with van der Waals surface area (Å²) in [7, 11) is 0. The van der Waals surface area contributed by atoms with Crippen LogP contribution in [0.25, 0.3) is 0 Å². The third-order valence-electron chi connectivity index (χ3n) is 3.78. The molecule has 3 N–H and O–H groups in total. The van der Waals surface area contributed by atoms with Crippen molar-refractivity contribution >= 4 is 5.97 Å². The van der Waals surface area contributed by atoms with Gasteiger partial charge in [-0.05, 0) is 43.7 Å². The maximum atomic E-state index is 10.8. The number of nitrogens with two attached hydrogens (primary N) is 1. The lowest BCUT2D eigenvalue weighted by atomic mass is 10.1. The Kier molecular flexibility index (Phi) is 7.32. The third-order valence-corrected chi connectivity index (χ3v) is 3.78. The maximum absolute atomic E-state index is 10.8. The number of unbranched alkanes of at least 4 members (excludes halogenated alkanes) is 1. The number of aromatic nitrogens is 2. The number of hydrogen-bond donors (Lipinski definition) is 2. The molecule has 0 saturated heterocycles. The number of aliphatic carboxylic acids is 1. The van der Waals surface area contributed by atoms with Crippen molar-refractivity contribution < 1.29 is 9.90 Å². The van der Waals surface area contributed by atoms with Crippen LogP contribution in [0.5, 0.6) is 0 Å². The smallest absolute Gasteiger partial charge is 0.320 e. The maximum Gasteiger partial charge on any atom is 0.320 e. The summed E-state index contributed by atoms with van der Waals surface area (Å²) in [5.74, 6) is -0.936. The van der Waals surface area contributed by atoms with E-state index in [1.165, 1.54) is 0 Å². The molecule has 0 fully saturated rings. The highest BCUT2D eigenvalue weighted by molar-refractivity contribution is 5.72. The largest absolute Gasteiger partial charge is 0.480 e. The second-order valence-corrected chi connectivity index (χ2v) is 5.79. The summed E-state index contributed by atoms with van der Waals surface area (Å²) in [4.78, 5) is 21.8. The first-order chi connectivity index (χ1) is 11.6. The van der Waals surface area contributed by atoms with Gasteiger partial charge < -0.3 is 10.8 Å². The molecule has 0 spiro atoms. The second kappa shape index (κ2) is 9.75. The summed E-state index contributed by atoms with van der Waals surface area (Å²) in [5, 5.41) is 8.83. The average Bonchev–Trinajstić information content (AvgIpc) is 2.60. The molecule has 2 aromatic heterocycles. The van der Waals surface area contributed by atoms with Crippen molar-refractivity contribution in [2.45, 2.75) is 38.4 Å². The molecule has 6 nitrogen and oxygen atoms in total. The molecule has 0 amide bonds. The van der Waals surface area contributed by atoms with E-state index in [9.17, 15) is 4.79 Å². The Morgan fingerprint density at radius 2 is 1.62 bits per heavy atom. The van der Waals surface area contributed by atoms with Crippen LogP contribution in [0.4, 0.5) is 0 Å². The SMILES string of the molecule is N[C@@H](CCCCN(Cc1ccccn1)Cc1ccccn1)C(=O)O. The van der Waals surface area contributed by atoms with E-state index in [2.05, 4.69) is 14.9 Å². The molecule has 1 atom stereocenters. The Hall–Kier alpha value is -2.31. The molecule has 2 aromatic rings. The van der Waals surface area contributed by atoms with Gasteiger partial charge in [-0.2, -0.15) is 0 Å². The molecule has 0 aliphatic carbocycles. The van der Waals surface area contributed by atoms with Gasteiger partial charge in [0.05, 0.1) is 11.4 Å². The molecular weight excluding hydrogens is 304 g/mol. The van der Waals surface area contributed by atoms with E-state index < -0.39 is 12.0 Å². The van der Waals surface area contributed by atoms with Gasteiger partial charge in [-0.25, -0.2) is 0 Å². The summed E-state index contributed by atoms with van der Waals surface area (Å²) in [6.45, 7) is 2.32. The fourth-order valence-electron chi connectivity index (χ4n) is 2.48. The fourth-order valence-corrected chi connectivity index (χ4v) is 2.48. The molecule has 0 radical (unpaired) electrons. The van der Waals surface area contributed by atoms with Crippen LogP contribution in [-0.2, 0) is 17.9 Å². The van der Waals surface area contributed by atoms with Gasteiger partial charge in [0.25, 0.3) is 0 Å². The first-order valence-corrected chi connectivity index (χ1v) is 8.15. The van der Waals surface area contributed by atoms with Gasteiger partial charge in [-0.3, -0.25) is 19.7 Å². The molecule has 0 unspecified atom stereocenters. The van der Waals surface area contributed by atoms with Gasteiger partial charge >= 0.3 is 5.97 Å². The quantitative estimate of drug-likeness (QED) is 0.649. The number of pyridine rings is 2. The van der Waals surface area contributed by atoms with E-state index in [-0.39, 0.29) is 0 Å². The van der Waals surface area contributed by atoms with Crippen molar-refractivity contribution in [3.05, 3.63) is 60.2 Å². The van der Waals surface area contributed by atoms with Crippen LogP contribution >= 0.6 is 0 Å². The molecule has 128 valence electrons. The highest BCUT2D eigenvalue weighted by Gasteiger charge is 2.12. The Morgan fingerprint density at radius 3 is 2.08 bits per heavy atom. The van der Waals surface area contributed by atoms with E-state index in [0.717, 1.165) is 43.9 Å². The van der Waals surface area contributed by atoms with Gasteiger partial charge in [0, 0.05) is 25.5 Å². The van der Waals surface area contributed by atoms with E-state index >= 15 is 0 Å². The molecule has 0 saturated carbocycles. The lowest BCUT2D eigenvalue weighted by Gasteiger charge is -2.21. The van der Waals surface area contributed by atoms with Crippen LogP contribution < -0.4 is 5.73 Å². The van der Waals surface area contributed by atoms with Crippen molar-refractivity contribution in [3.8, 4) is 0 Å². The lowest BCUT2D eigenvalue weighted by molar-refractivity contribution is -0.138. The van der Waals surface area contributed by atoms with E-state index in [1.807, 2.05) is 36.4 Å². The fraction of sp³-hybridized carbons (Fsp3) is 0.389. The summed E-state index contributed by atoms with van der Waals surface area (Å²) < 4.78 is 0. The molecule has 2 heterocycles. The summed E-state index contributed by atoms with van der Waals surface area (Å²) in [6, 6.07) is 11.0. The van der Waals surface area contributed by atoms with Crippen LogP contribution in [0.2, 0.25) is 0 Å². The molecule has 0 aliphatic rings. The number of nitrogens with zero attached hydrogens (tertiary/aromatic N) is 3. The van der Waals surface area contributed by atoms with Gasteiger partial charge in [0.15, 0.2) is 0 Å². The minimum absolute atomic E-state index is 0.496. The third kappa shape index (κ3) is 6.44. The highest BCUT2D eigenvalue weighted by atomic mass is 16.4.